The number of carbonyl (C=O) groups is 2. The van der Waals surface area contributed by atoms with E-state index in [0.717, 1.165) is 65.0 Å². The number of aldehydes is 1. The summed E-state index contributed by atoms with van der Waals surface area (Å²) in [7, 11) is 0. The number of H-pyrrole nitrogens is 1. The molecule has 5 heteroatoms. The van der Waals surface area contributed by atoms with Crippen LogP contribution in [0.5, 0.6) is 0 Å². The van der Waals surface area contributed by atoms with Gasteiger partial charge in [-0.05, 0) is 98.7 Å². The van der Waals surface area contributed by atoms with Gasteiger partial charge in [-0.15, -0.1) is 0 Å². The summed E-state index contributed by atoms with van der Waals surface area (Å²) in [5.74, 6) is 0.0545. The zero-order chi connectivity index (χ0) is 29.5. The average molecular weight is 540 g/mol. The Labute approximate surface area is 240 Å². The van der Waals surface area contributed by atoms with Crippen LogP contribution in [0.15, 0.2) is 71.9 Å². The fourth-order valence-corrected chi connectivity index (χ4v) is 4.25. The summed E-state index contributed by atoms with van der Waals surface area (Å²) in [6.45, 7) is 14.4. The second kappa shape index (κ2) is 16.9. The fraction of sp³-hybridized carbons (Fsp3) is 0.343. The van der Waals surface area contributed by atoms with Crippen molar-refractivity contribution in [1.29, 1.82) is 0 Å². The minimum absolute atomic E-state index is 0.0545. The number of anilines is 1. The summed E-state index contributed by atoms with van der Waals surface area (Å²) >= 11 is 0. The van der Waals surface area contributed by atoms with Crippen LogP contribution in [0.3, 0.4) is 0 Å². The number of allylic oxidation sites excluding steroid dienone is 3. The first kappa shape index (κ1) is 32.2. The molecule has 40 heavy (non-hydrogen) atoms. The Morgan fingerprint density at radius 3 is 2.33 bits per heavy atom. The largest absolute Gasteiger partial charge is 0.358 e. The second-order valence-corrected chi connectivity index (χ2v) is 9.84. The van der Waals surface area contributed by atoms with Gasteiger partial charge in [-0.25, -0.2) is 0 Å². The number of hydrogen-bond acceptors (Lipinski definition) is 3. The molecule has 3 aromatic rings. The molecule has 2 N–H and O–H groups in total. The van der Waals surface area contributed by atoms with E-state index in [1.165, 1.54) is 16.7 Å². The van der Waals surface area contributed by atoms with Gasteiger partial charge in [-0.3, -0.25) is 9.79 Å². The molecule has 1 aromatic heterocycles. The van der Waals surface area contributed by atoms with Crippen LogP contribution < -0.4 is 5.32 Å². The predicted molar refractivity (Wildman–Crippen MR) is 170 cm³/mol. The molecule has 0 fully saturated rings. The van der Waals surface area contributed by atoms with Crippen molar-refractivity contribution in [3.8, 4) is 0 Å². The second-order valence-electron chi connectivity index (χ2n) is 9.84. The fourth-order valence-electron chi connectivity index (χ4n) is 4.25. The van der Waals surface area contributed by atoms with Crippen LogP contribution in [-0.2, 0) is 28.9 Å². The SMILES string of the molecule is C/C=C(/C=C\N=C(C)c1ccc(C)c(CC)c1)c1cc(CC=O)c(CCC)[nH]1.CCC(=O)Nc1ccc(C)cc1. The number of aryl methyl sites for hydroxylation is 4. The van der Waals surface area contributed by atoms with Crippen molar-refractivity contribution in [3.63, 3.8) is 0 Å². The van der Waals surface area contributed by atoms with Crippen LogP contribution in [0.4, 0.5) is 5.69 Å². The topological polar surface area (TPSA) is 74.3 Å². The van der Waals surface area contributed by atoms with Gasteiger partial charge in [0.15, 0.2) is 0 Å². The van der Waals surface area contributed by atoms with Gasteiger partial charge in [0.2, 0.25) is 5.91 Å². The Balaban J connectivity index is 0.000000389. The van der Waals surface area contributed by atoms with Gasteiger partial charge in [0.25, 0.3) is 0 Å². The lowest BCUT2D eigenvalue weighted by Gasteiger charge is -2.06. The van der Waals surface area contributed by atoms with Gasteiger partial charge < -0.3 is 15.1 Å². The lowest BCUT2D eigenvalue weighted by Crippen LogP contribution is -2.08. The molecule has 0 bridgehead atoms. The number of rotatable bonds is 11. The number of nitrogens with zero attached hydrogens (tertiary/aromatic N) is 1. The number of aliphatic imine (C=N–C) groups is 1. The minimum Gasteiger partial charge on any atom is -0.358 e. The maximum atomic E-state index is 11.0. The van der Waals surface area contributed by atoms with Crippen molar-refractivity contribution in [2.45, 2.75) is 80.6 Å². The summed E-state index contributed by atoms with van der Waals surface area (Å²) in [4.78, 5) is 30.0. The molecule has 3 rings (SSSR count). The molecule has 0 aliphatic carbocycles. The van der Waals surface area contributed by atoms with Gasteiger partial charge in [-0.1, -0.05) is 63.1 Å². The van der Waals surface area contributed by atoms with Crippen LogP contribution in [0.2, 0.25) is 0 Å². The zero-order valence-corrected chi connectivity index (χ0v) is 25.2. The lowest BCUT2D eigenvalue weighted by molar-refractivity contribution is -0.115. The Morgan fingerprint density at radius 1 is 1.00 bits per heavy atom. The Bertz CT molecular complexity index is 1340. The molecule has 5 nitrogen and oxygen atoms in total. The van der Waals surface area contributed by atoms with Crippen LogP contribution in [0.1, 0.15) is 86.7 Å². The van der Waals surface area contributed by atoms with Gasteiger partial charge in [0.05, 0.1) is 0 Å². The molecule has 0 unspecified atom stereocenters. The van der Waals surface area contributed by atoms with Crippen molar-refractivity contribution >= 4 is 29.2 Å². The molecular weight excluding hydrogens is 494 g/mol. The Morgan fingerprint density at radius 2 is 1.73 bits per heavy atom. The molecule has 1 amide bonds. The van der Waals surface area contributed by atoms with E-state index in [-0.39, 0.29) is 5.91 Å². The molecule has 212 valence electrons. The van der Waals surface area contributed by atoms with E-state index in [1.807, 2.05) is 64.2 Å². The first-order valence-electron chi connectivity index (χ1n) is 14.2. The van der Waals surface area contributed by atoms with Gasteiger partial charge in [0.1, 0.15) is 6.29 Å². The summed E-state index contributed by atoms with van der Waals surface area (Å²) in [5, 5.41) is 2.78. The smallest absolute Gasteiger partial charge is 0.224 e. The monoisotopic (exact) mass is 539 g/mol. The lowest BCUT2D eigenvalue weighted by atomic mass is 10.0. The van der Waals surface area contributed by atoms with E-state index in [1.54, 1.807) is 0 Å². The van der Waals surface area contributed by atoms with Gasteiger partial charge in [-0.2, -0.15) is 0 Å². The number of benzene rings is 2. The number of amides is 1. The molecular formula is C35H45N3O2. The number of aromatic amines is 1. The highest BCUT2D eigenvalue weighted by atomic mass is 16.1. The van der Waals surface area contributed by atoms with Crippen molar-refractivity contribution < 1.29 is 9.59 Å². The molecule has 0 atom stereocenters. The summed E-state index contributed by atoms with van der Waals surface area (Å²) < 4.78 is 0. The summed E-state index contributed by atoms with van der Waals surface area (Å²) in [6, 6.07) is 16.4. The number of aromatic nitrogens is 1. The van der Waals surface area contributed by atoms with Crippen LogP contribution >= 0.6 is 0 Å². The summed E-state index contributed by atoms with van der Waals surface area (Å²) in [6.07, 6.45) is 10.9. The van der Waals surface area contributed by atoms with E-state index in [0.29, 0.717) is 12.8 Å². The van der Waals surface area contributed by atoms with Crippen molar-refractivity contribution in [2.75, 3.05) is 5.32 Å². The Hall–Kier alpha value is -3.99. The average Bonchev–Trinajstić information content (AvgIpc) is 3.35. The molecule has 0 aliphatic heterocycles. The van der Waals surface area contributed by atoms with Crippen molar-refractivity contribution in [2.24, 2.45) is 4.99 Å². The zero-order valence-electron chi connectivity index (χ0n) is 25.2. The standard InChI is InChI=1S/C25H32N2O.C10H13NO/c1-6-9-24-23(13-15-28)17-25(27-24)20(7-2)12-14-26-19(5)22-11-10-18(4)21(8-3)16-22;1-3-10(12)11-9-6-4-8(2)5-7-9/h7,10-12,14-17,27H,6,8-9,13H2,1-5H3;4-7H,3H2,1-2H3,(H,11,12)/b14-12-,20-7-,26-19?;. The number of hydrogen-bond donors (Lipinski definition) is 2. The van der Waals surface area contributed by atoms with Crippen molar-refractivity contribution in [1.82, 2.24) is 4.98 Å². The highest BCUT2D eigenvalue weighted by Gasteiger charge is 2.09. The van der Waals surface area contributed by atoms with Crippen LogP contribution in [0.25, 0.3) is 5.57 Å². The molecule has 0 spiro atoms. The Kier molecular flexibility index (Phi) is 13.6. The molecule has 0 aliphatic rings. The molecule has 2 aromatic carbocycles. The van der Waals surface area contributed by atoms with E-state index >= 15 is 0 Å². The van der Waals surface area contributed by atoms with Crippen LogP contribution in [0, 0.1) is 13.8 Å². The quantitative estimate of drug-likeness (QED) is 0.146. The molecule has 0 radical (unpaired) electrons. The van der Waals surface area contributed by atoms with E-state index in [9.17, 15) is 9.59 Å². The third kappa shape index (κ3) is 9.96. The van der Waals surface area contributed by atoms with Crippen LogP contribution in [-0.4, -0.2) is 22.9 Å². The maximum absolute atomic E-state index is 11.0. The van der Waals surface area contributed by atoms with E-state index in [4.69, 9.17) is 0 Å². The summed E-state index contributed by atoms with van der Waals surface area (Å²) in [5.41, 5.74) is 11.3. The minimum atomic E-state index is 0.0545. The molecule has 1 heterocycles. The molecule has 0 saturated heterocycles. The third-order valence-corrected chi connectivity index (χ3v) is 6.74. The highest BCUT2D eigenvalue weighted by Crippen LogP contribution is 2.21. The predicted octanol–water partition coefficient (Wildman–Crippen LogP) is 8.35. The maximum Gasteiger partial charge on any atom is 0.224 e. The van der Waals surface area contributed by atoms with E-state index < -0.39 is 0 Å². The first-order valence-corrected chi connectivity index (χ1v) is 14.2. The number of nitrogens with one attached hydrogen (secondary N) is 2. The van der Waals surface area contributed by atoms with Gasteiger partial charge in [0, 0.05) is 41.8 Å². The normalized spacial score (nSPS) is 11.8. The highest BCUT2D eigenvalue weighted by molar-refractivity contribution is 5.99. The third-order valence-electron chi connectivity index (χ3n) is 6.74. The van der Waals surface area contributed by atoms with Gasteiger partial charge >= 0.3 is 0 Å². The number of carbonyl (C=O) groups excluding carboxylic acids is 2. The molecule has 0 saturated carbocycles. The first-order chi connectivity index (χ1) is 19.3. The van der Waals surface area contributed by atoms with Crippen molar-refractivity contribution in [3.05, 3.63) is 106 Å². The van der Waals surface area contributed by atoms with E-state index in [2.05, 4.69) is 66.4 Å².